The summed E-state index contributed by atoms with van der Waals surface area (Å²) in [5, 5.41) is 0. The molecule has 3 aromatic heterocycles. The molecular weight excluding hydrogens is 376 g/mol. The number of amides is 1. The first-order valence-electron chi connectivity index (χ1n) is 7.31. The lowest BCUT2D eigenvalue weighted by Gasteiger charge is -2.31. The number of carbonyl (C=O) groups excluding carboxylic acids is 1. The van der Waals surface area contributed by atoms with Crippen LogP contribution in [-0.2, 0) is 11.3 Å². The minimum Gasteiger partial charge on any atom is -0.463 e. The number of fused-ring (bicyclic) bond motifs is 2. The van der Waals surface area contributed by atoms with E-state index >= 15 is 0 Å². The van der Waals surface area contributed by atoms with Crippen molar-refractivity contribution in [1.82, 2.24) is 24.3 Å². The molecule has 0 saturated carbocycles. The van der Waals surface area contributed by atoms with Crippen molar-refractivity contribution in [3.63, 3.8) is 0 Å². The van der Waals surface area contributed by atoms with Crippen LogP contribution in [0.25, 0.3) is 5.65 Å². The van der Waals surface area contributed by atoms with E-state index in [1.807, 2.05) is 17.5 Å². The van der Waals surface area contributed by atoms with E-state index in [0.717, 1.165) is 17.0 Å². The van der Waals surface area contributed by atoms with Gasteiger partial charge in [-0.3, -0.25) is 14.1 Å². The Hall–Kier alpha value is -2.55. The standard InChI is InChI=1S/C15H13BrN6O2/c1-8-11(21-6-12(16)18-4-13(21)20-8)5-22-10-3-17-7-19-14(10)24-9(2)15(22)23/h3-4,6-7,9H,5H2,1-2H3/t9-/m1/s1. The molecule has 4 heterocycles. The van der Waals surface area contributed by atoms with Crippen LogP contribution < -0.4 is 9.64 Å². The second-order valence-electron chi connectivity index (χ2n) is 5.48. The van der Waals surface area contributed by atoms with Crippen LogP contribution in [-0.4, -0.2) is 36.3 Å². The Labute approximate surface area is 145 Å². The first-order valence-corrected chi connectivity index (χ1v) is 8.11. The van der Waals surface area contributed by atoms with Crippen LogP contribution in [0.15, 0.2) is 29.5 Å². The number of carbonyl (C=O) groups is 1. The van der Waals surface area contributed by atoms with E-state index in [1.165, 1.54) is 6.33 Å². The largest absolute Gasteiger partial charge is 0.463 e. The normalized spacial score (nSPS) is 17.0. The molecule has 0 fully saturated rings. The average molecular weight is 389 g/mol. The fraction of sp³-hybridized carbons (Fsp3) is 0.267. The van der Waals surface area contributed by atoms with Crippen molar-refractivity contribution in [2.24, 2.45) is 0 Å². The Morgan fingerprint density at radius 1 is 1.33 bits per heavy atom. The number of nitrogens with zero attached hydrogens (tertiary/aromatic N) is 6. The van der Waals surface area contributed by atoms with Gasteiger partial charge in [0.2, 0.25) is 5.88 Å². The van der Waals surface area contributed by atoms with Crippen molar-refractivity contribution in [2.45, 2.75) is 26.5 Å². The molecule has 1 aliphatic rings. The number of ether oxygens (including phenoxy) is 1. The molecule has 0 N–H and O–H groups in total. The van der Waals surface area contributed by atoms with E-state index in [0.29, 0.717) is 22.7 Å². The number of imidazole rings is 1. The van der Waals surface area contributed by atoms with Crippen LogP contribution in [0.1, 0.15) is 18.3 Å². The fourth-order valence-electron chi connectivity index (χ4n) is 2.74. The van der Waals surface area contributed by atoms with Crippen molar-refractivity contribution >= 4 is 33.2 Å². The lowest BCUT2D eigenvalue weighted by molar-refractivity contribution is -0.125. The Bertz CT molecular complexity index is 956. The maximum Gasteiger partial charge on any atom is 0.268 e. The highest BCUT2D eigenvalue weighted by Gasteiger charge is 2.33. The minimum atomic E-state index is -0.597. The average Bonchev–Trinajstić information content (AvgIpc) is 2.87. The molecule has 0 bridgehead atoms. The van der Waals surface area contributed by atoms with Crippen LogP contribution in [0.3, 0.4) is 0 Å². The quantitative estimate of drug-likeness (QED) is 0.666. The van der Waals surface area contributed by atoms with Gasteiger partial charge in [0.1, 0.15) is 16.6 Å². The summed E-state index contributed by atoms with van der Waals surface area (Å²) < 4.78 is 8.16. The molecule has 1 aliphatic heterocycles. The molecule has 0 saturated heterocycles. The van der Waals surface area contributed by atoms with E-state index in [-0.39, 0.29) is 5.91 Å². The van der Waals surface area contributed by atoms with Crippen LogP contribution >= 0.6 is 15.9 Å². The summed E-state index contributed by atoms with van der Waals surface area (Å²) in [6.45, 7) is 3.96. The molecule has 0 unspecified atom stereocenters. The predicted molar refractivity (Wildman–Crippen MR) is 88.7 cm³/mol. The Kier molecular flexibility index (Phi) is 3.45. The predicted octanol–water partition coefficient (Wildman–Crippen LogP) is 1.90. The summed E-state index contributed by atoms with van der Waals surface area (Å²) in [6, 6.07) is 0. The highest BCUT2D eigenvalue weighted by molar-refractivity contribution is 9.10. The lowest BCUT2D eigenvalue weighted by Crippen LogP contribution is -2.44. The zero-order chi connectivity index (χ0) is 16.8. The van der Waals surface area contributed by atoms with E-state index in [9.17, 15) is 4.79 Å². The van der Waals surface area contributed by atoms with Gasteiger partial charge in [0.05, 0.1) is 30.3 Å². The summed E-state index contributed by atoms with van der Waals surface area (Å²) in [6.07, 6.45) is 5.91. The van der Waals surface area contributed by atoms with Gasteiger partial charge in [-0.1, -0.05) is 0 Å². The molecule has 4 rings (SSSR count). The van der Waals surface area contributed by atoms with Crippen molar-refractivity contribution in [1.29, 1.82) is 0 Å². The first kappa shape index (κ1) is 15.0. The molecule has 0 spiro atoms. The van der Waals surface area contributed by atoms with Crippen molar-refractivity contribution in [2.75, 3.05) is 4.90 Å². The Morgan fingerprint density at radius 2 is 2.17 bits per heavy atom. The number of rotatable bonds is 2. The minimum absolute atomic E-state index is 0.139. The van der Waals surface area contributed by atoms with Gasteiger partial charge < -0.3 is 4.74 Å². The molecule has 24 heavy (non-hydrogen) atoms. The van der Waals surface area contributed by atoms with Crippen molar-refractivity contribution in [3.8, 4) is 5.88 Å². The molecule has 0 radical (unpaired) electrons. The molecular formula is C15H13BrN6O2. The molecule has 1 amide bonds. The topological polar surface area (TPSA) is 85.5 Å². The zero-order valence-corrected chi connectivity index (χ0v) is 14.6. The van der Waals surface area contributed by atoms with Gasteiger partial charge in [-0.15, -0.1) is 0 Å². The summed E-state index contributed by atoms with van der Waals surface area (Å²) in [5.74, 6) is 0.270. The third-order valence-corrected chi connectivity index (χ3v) is 4.34. The number of aryl methyl sites for hydroxylation is 1. The van der Waals surface area contributed by atoms with Gasteiger partial charge in [0.25, 0.3) is 5.91 Å². The van der Waals surface area contributed by atoms with Crippen LogP contribution in [0, 0.1) is 6.92 Å². The smallest absolute Gasteiger partial charge is 0.268 e. The second kappa shape index (κ2) is 5.52. The van der Waals surface area contributed by atoms with E-state index < -0.39 is 6.10 Å². The number of halogens is 1. The first-order chi connectivity index (χ1) is 11.5. The summed E-state index contributed by atoms with van der Waals surface area (Å²) in [4.78, 5) is 31.1. The molecule has 8 nitrogen and oxygen atoms in total. The number of anilines is 1. The number of aromatic nitrogens is 5. The summed E-state index contributed by atoms with van der Waals surface area (Å²) in [7, 11) is 0. The van der Waals surface area contributed by atoms with E-state index in [4.69, 9.17) is 4.74 Å². The van der Waals surface area contributed by atoms with Crippen LogP contribution in [0.2, 0.25) is 0 Å². The highest BCUT2D eigenvalue weighted by atomic mass is 79.9. The molecule has 1 atom stereocenters. The summed E-state index contributed by atoms with van der Waals surface area (Å²) >= 11 is 3.37. The van der Waals surface area contributed by atoms with Crippen LogP contribution in [0.4, 0.5) is 5.69 Å². The number of hydrogen-bond acceptors (Lipinski definition) is 6. The van der Waals surface area contributed by atoms with E-state index in [1.54, 1.807) is 24.2 Å². The number of hydrogen-bond donors (Lipinski definition) is 0. The third-order valence-electron chi connectivity index (χ3n) is 3.93. The maximum atomic E-state index is 12.6. The Morgan fingerprint density at radius 3 is 3.00 bits per heavy atom. The van der Waals surface area contributed by atoms with Crippen molar-refractivity contribution < 1.29 is 9.53 Å². The van der Waals surface area contributed by atoms with Crippen molar-refractivity contribution in [3.05, 3.63) is 40.9 Å². The van der Waals surface area contributed by atoms with Gasteiger partial charge >= 0.3 is 0 Å². The Balaban J connectivity index is 1.82. The monoisotopic (exact) mass is 388 g/mol. The van der Waals surface area contributed by atoms with Gasteiger partial charge in [0.15, 0.2) is 11.8 Å². The SMILES string of the molecule is Cc1nc2cnc(Br)cn2c1CN1C(=O)[C@@H](C)Oc2ncncc21. The zero-order valence-electron chi connectivity index (χ0n) is 13.0. The molecule has 0 aromatic carbocycles. The molecule has 9 heteroatoms. The second-order valence-corrected chi connectivity index (χ2v) is 6.29. The van der Waals surface area contributed by atoms with Gasteiger partial charge in [-0.2, -0.15) is 4.98 Å². The molecule has 0 aliphatic carbocycles. The molecule has 3 aromatic rings. The summed E-state index contributed by atoms with van der Waals surface area (Å²) in [5.41, 5.74) is 3.01. The van der Waals surface area contributed by atoms with Crippen LogP contribution in [0.5, 0.6) is 5.88 Å². The van der Waals surface area contributed by atoms with E-state index in [2.05, 4.69) is 35.9 Å². The fourth-order valence-corrected chi connectivity index (χ4v) is 3.05. The lowest BCUT2D eigenvalue weighted by atomic mass is 10.2. The van der Waals surface area contributed by atoms with Gasteiger partial charge in [-0.25, -0.2) is 15.0 Å². The third kappa shape index (κ3) is 2.32. The highest BCUT2D eigenvalue weighted by Crippen LogP contribution is 2.32. The van der Waals surface area contributed by atoms with Gasteiger partial charge in [0, 0.05) is 6.20 Å². The molecule has 122 valence electrons. The van der Waals surface area contributed by atoms with Gasteiger partial charge in [-0.05, 0) is 29.8 Å². The maximum absolute atomic E-state index is 12.6.